The van der Waals surface area contributed by atoms with Crippen LogP contribution >= 0.6 is 0 Å². The molecule has 2 amide bonds. The van der Waals surface area contributed by atoms with E-state index in [2.05, 4.69) is 59.3 Å². The molecule has 302 valence electrons. The van der Waals surface area contributed by atoms with Crippen LogP contribution in [-0.4, -0.2) is 97.5 Å². The molecular formula is C42H48FN11O4. The molecule has 58 heavy (non-hydrogen) atoms. The number of hydrogen-bond donors (Lipinski definition) is 4. The Hall–Kier alpha value is -6.13. The van der Waals surface area contributed by atoms with Crippen molar-refractivity contribution in [2.24, 2.45) is 0 Å². The molecule has 3 aromatic heterocycles. The topological polar surface area (TPSA) is 166 Å². The first-order valence-corrected chi connectivity index (χ1v) is 19.8. The fourth-order valence-electron chi connectivity index (χ4n) is 8.08. The zero-order valence-electron chi connectivity index (χ0n) is 32.7. The van der Waals surface area contributed by atoms with Crippen LogP contribution in [0.25, 0.3) is 16.9 Å². The summed E-state index contributed by atoms with van der Waals surface area (Å²) < 4.78 is 18.4. The summed E-state index contributed by atoms with van der Waals surface area (Å²) in [6.07, 6.45) is 5.86. The van der Waals surface area contributed by atoms with Crippen LogP contribution in [0.15, 0.2) is 84.3 Å². The Labute approximate surface area is 335 Å². The largest absolute Gasteiger partial charge is 0.384 e. The summed E-state index contributed by atoms with van der Waals surface area (Å²) in [7, 11) is 0. The number of benzene rings is 2. The minimum atomic E-state index is -1.18. The van der Waals surface area contributed by atoms with Crippen molar-refractivity contribution in [3.63, 3.8) is 0 Å². The van der Waals surface area contributed by atoms with Crippen molar-refractivity contribution in [3.8, 4) is 5.82 Å². The summed E-state index contributed by atoms with van der Waals surface area (Å²) >= 11 is 0. The molecule has 0 spiro atoms. The molecule has 8 rings (SSSR count). The van der Waals surface area contributed by atoms with Gasteiger partial charge in [0.15, 0.2) is 11.5 Å². The van der Waals surface area contributed by atoms with E-state index in [4.69, 9.17) is 4.98 Å². The SMILES string of the molecule is C=CCn1c(=O)c2cnc(Nc3ccc(N4CCC(N5CCN(c6ccc(N[C@H]7CCC(=O)NC7=O)cc6F)CC5)CC4)cc3)nc2n1-c1cccc(C(C)(C)O)n1. The predicted molar refractivity (Wildman–Crippen MR) is 221 cm³/mol. The number of halogens is 1. The highest BCUT2D eigenvalue weighted by atomic mass is 19.1. The Morgan fingerprint density at radius 2 is 1.67 bits per heavy atom. The Morgan fingerprint density at radius 1 is 0.931 bits per heavy atom. The minimum Gasteiger partial charge on any atom is -0.384 e. The maximum atomic E-state index is 15.3. The van der Waals surface area contributed by atoms with Crippen LogP contribution in [0.5, 0.6) is 0 Å². The maximum absolute atomic E-state index is 15.3. The third kappa shape index (κ3) is 8.02. The van der Waals surface area contributed by atoms with Crippen molar-refractivity contribution in [2.45, 2.75) is 63.8 Å². The van der Waals surface area contributed by atoms with Gasteiger partial charge in [0.05, 0.1) is 17.9 Å². The number of imide groups is 1. The van der Waals surface area contributed by atoms with E-state index in [0.29, 0.717) is 52.3 Å². The van der Waals surface area contributed by atoms with Crippen LogP contribution < -0.4 is 31.3 Å². The second-order valence-electron chi connectivity index (χ2n) is 15.6. The highest BCUT2D eigenvalue weighted by molar-refractivity contribution is 6.01. The van der Waals surface area contributed by atoms with Crippen LogP contribution in [0, 0.1) is 5.82 Å². The average molecular weight is 790 g/mol. The second-order valence-corrected chi connectivity index (χ2v) is 15.6. The normalized spacial score (nSPS) is 18.4. The molecule has 16 heteroatoms. The summed E-state index contributed by atoms with van der Waals surface area (Å²) in [5.41, 5.74) is 2.40. The molecule has 4 N–H and O–H groups in total. The van der Waals surface area contributed by atoms with Crippen molar-refractivity contribution in [1.29, 1.82) is 0 Å². The number of carbonyl (C=O) groups is 2. The number of nitrogens with one attached hydrogen (secondary N) is 3. The molecule has 0 saturated carbocycles. The van der Waals surface area contributed by atoms with Crippen molar-refractivity contribution >= 4 is 51.5 Å². The molecule has 0 bridgehead atoms. The van der Waals surface area contributed by atoms with Gasteiger partial charge in [0.2, 0.25) is 17.8 Å². The second kappa shape index (κ2) is 16.0. The number of fused-ring (bicyclic) bond motifs is 1. The fraction of sp³-hybridized carbons (Fsp3) is 0.381. The summed E-state index contributed by atoms with van der Waals surface area (Å²) in [6, 6.07) is 18.3. The lowest BCUT2D eigenvalue weighted by Gasteiger charge is -2.44. The third-order valence-electron chi connectivity index (χ3n) is 11.2. The quantitative estimate of drug-likeness (QED) is 0.111. The maximum Gasteiger partial charge on any atom is 0.278 e. The Bertz CT molecular complexity index is 2390. The van der Waals surface area contributed by atoms with Crippen LogP contribution in [0.2, 0.25) is 0 Å². The molecule has 3 aliphatic heterocycles. The van der Waals surface area contributed by atoms with Crippen molar-refractivity contribution in [1.82, 2.24) is 34.5 Å². The number of aliphatic hydroxyl groups is 1. The number of anilines is 5. The van der Waals surface area contributed by atoms with Gasteiger partial charge in [-0.25, -0.2) is 23.7 Å². The van der Waals surface area contributed by atoms with Gasteiger partial charge in [0.1, 0.15) is 22.8 Å². The molecular weight excluding hydrogens is 742 g/mol. The van der Waals surface area contributed by atoms with Crippen molar-refractivity contribution in [2.75, 3.05) is 59.7 Å². The Balaban J connectivity index is 0.862. The first-order valence-electron chi connectivity index (χ1n) is 19.8. The molecule has 0 radical (unpaired) electrons. The number of nitrogens with zero attached hydrogens (tertiary/aromatic N) is 8. The summed E-state index contributed by atoms with van der Waals surface area (Å²) in [5.74, 6) is -0.232. The van der Waals surface area contributed by atoms with Crippen molar-refractivity contribution < 1.29 is 19.1 Å². The van der Waals surface area contributed by atoms with E-state index in [9.17, 15) is 19.5 Å². The zero-order valence-corrected chi connectivity index (χ0v) is 32.7. The molecule has 3 fully saturated rings. The lowest BCUT2D eigenvalue weighted by atomic mass is 10.0. The van der Waals surface area contributed by atoms with Gasteiger partial charge in [-0.1, -0.05) is 12.1 Å². The van der Waals surface area contributed by atoms with Gasteiger partial charge >= 0.3 is 0 Å². The van der Waals surface area contributed by atoms with Crippen molar-refractivity contribution in [3.05, 3.63) is 101 Å². The lowest BCUT2D eigenvalue weighted by Crippen LogP contribution is -2.53. The number of carbonyl (C=O) groups excluding carboxylic acids is 2. The minimum absolute atomic E-state index is 0.230. The number of piperidine rings is 2. The number of hydrogen-bond acceptors (Lipinski definition) is 12. The van der Waals surface area contributed by atoms with E-state index < -0.39 is 11.6 Å². The van der Waals surface area contributed by atoms with Gasteiger partial charge in [-0.05, 0) is 87.7 Å². The smallest absolute Gasteiger partial charge is 0.278 e. The molecule has 0 aliphatic carbocycles. The number of piperazine rings is 1. The molecule has 1 atom stereocenters. The van der Waals surface area contributed by atoms with Gasteiger partial charge in [0.25, 0.3) is 5.56 Å². The van der Waals surface area contributed by atoms with E-state index in [0.717, 1.165) is 63.5 Å². The first-order chi connectivity index (χ1) is 27.9. The molecule has 15 nitrogen and oxygen atoms in total. The molecule has 2 aromatic carbocycles. The summed E-state index contributed by atoms with van der Waals surface area (Å²) in [5, 5.41) is 19.6. The lowest BCUT2D eigenvalue weighted by molar-refractivity contribution is -0.133. The Kier molecular flexibility index (Phi) is 10.7. The van der Waals surface area contributed by atoms with E-state index in [1.165, 1.54) is 16.9 Å². The number of allylic oxidation sites excluding steroid dienone is 1. The number of pyridine rings is 1. The number of amides is 2. The van der Waals surface area contributed by atoms with E-state index in [1.807, 2.05) is 12.1 Å². The van der Waals surface area contributed by atoms with Gasteiger partial charge in [-0.15, -0.1) is 6.58 Å². The zero-order chi connectivity index (χ0) is 40.6. The monoisotopic (exact) mass is 789 g/mol. The fourth-order valence-corrected chi connectivity index (χ4v) is 8.08. The first kappa shape index (κ1) is 38.7. The van der Waals surface area contributed by atoms with Gasteiger partial charge in [-0.3, -0.25) is 24.6 Å². The molecule has 3 saturated heterocycles. The van der Waals surface area contributed by atoms with E-state index in [1.54, 1.807) is 54.9 Å². The number of aromatic nitrogens is 5. The Morgan fingerprint density at radius 3 is 2.36 bits per heavy atom. The molecule has 6 heterocycles. The van der Waals surface area contributed by atoms with E-state index in [-0.39, 0.29) is 36.2 Å². The molecule has 0 unspecified atom stereocenters. The van der Waals surface area contributed by atoms with Gasteiger partial charge < -0.3 is 25.5 Å². The van der Waals surface area contributed by atoms with E-state index >= 15 is 4.39 Å². The van der Waals surface area contributed by atoms with Gasteiger partial charge in [-0.2, -0.15) is 4.98 Å². The summed E-state index contributed by atoms with van der Waals surface area (Å²) in [6.45, 7) is 12.4. The highest BCUT2D eigenvalue weighted by Gasteiger charge is 2.30. The van der Waals surface area contributed by atoms with Crippen LogP contribution in [0.1, 0.15) is 45.2 Å². The van der Waals surface area contributed by atoms with Crippen LogP contribution in [0.3, 0.4) is 0 Å². The summed E-state index contributed by atoms with van der Waals surface area (Å²) in [4.78, 5) is 57.8. The van der Waals surface area contributed by atoms with Crippen LogP contribution in [0.4, 0.5) is 33.1 Å². The average Bonchev–Trinajstić information content (AvgIpc) is 3.49. The standard InChI is InChI=1S/C42H48FN11O4/c1-4-18-53-40(57)31-26-44-41(49-38(31)54(53)36-7-5-6-35(47-36)42(2,3)58)46-27-8-11-29(12-9-27)50-19-16-30(17-20-50)51-21-23-52(24-22-51)34-14-10-28(25-32(34)43)45-33-13-15-37(55)48-39(33)56/h4-12,14,25-26,30,33,45,58H,1,13,15-24H2,2-3H3,(H,44,46,49)(H,48,55,56)/t33-/m0/s1. The van der Waals surface area contributed by atoms with Crippen LogP contribution in [-0.2, 0) is 21.7 Å². The molecule has 3 aliphatic rings. The van der Waals surface area contributed by atoms with Gasteiger partial charge in [0, 0.05) is 75.0 Å². The third-order valence-corrected chi connectivity index (χ3v) is 11.2. The molecule has 5 aromatic rings. The highest BCUT2D eigenvalue weighted by Crippen LogP contribution is 2.29. The predicted octanol–water partition coefficient (Wildman–Crippen LogP) is 4.28. The number of rotatable bonds is 11.